The number of hydrogen-bond acceptors (Lipinski definition) is 2. The van der Waals surface area contributed by atoms with Crippen molar-refractivity contribution >= 4 is 5.69 Å². The number of nitrogens with one attached hydrogen (secondary N) is 1. The van der Waals surface area contributed by atoms with Gasteiger partial charge in [-0.05, 0) is 42.7 Å². The molecule has 0 amide bonds. The third kappa shape index (κ3) is 1.76. The van der Waals surface area contributed by atoms with Crippen LogP contribution in [0.4, 0.5) is 5.69 Å². The molecule has 1 aliphatic heterocycles. The molecule has 0 aromatic heterocycles. The lowest BCUT2D eigenvalue weighted by molar-refractivity contribution is 0.0167. The summed E-state index contributed by atoms with van der Waals surface area (Å²) < 4.78 is 0. The summed E-state index contributed by atoms with van der Waals surface area (Å²) in [5.74, 6) is 0.678. The quantitative estimate of drug-likeness (QED) is 0.876. The highest BCUT2D eigenvalue weighted by Crippen LogP contribution is 2.51. The van der Waals surface area contributed by atoms with Gasteiger partial charge >= 0.3 is 0 Å². The van der Waals surface area contributed by atoms with Gasteiger partial charge in [-0.15, -0.1) is 0 Å². The van der Waals surface area contributed by atoms with Gasteiger partial charge in [-0.3, -0.25) is 0 Å². The largest absolute Gasteiger partial charge is 0.348 e. The van der Waals surface area contributed by atoms with E-state index in [0.29, 0.717) is 11.3 Å². The zero-order valence-electron chi connectivity index (χ0n) is 11.4. The molecular formula is C16H22N2. The van der Waals surface area contributed by atoms with E-state index in [0.717, 1.165) is 0 Å². The molecule has 0 unspecified atom stereocenters. The normalized spacial score (nSPS) is 21.2. The van der Waals surface area contributed by atoms with E-state index in [1.807, 2.05) is 0 Å². The van der Waals surface area contributed by atoms with Crippen molar-refractivity contribution in [3.8, 4) is 0 Å². The Kier molecular flexibility index (Phi) is 2.70. The molecule has 0 atom stereocenters. The lowest BCUT2D eigenvalue weighted by Crippen LogP contribution is -2.60. The summed E-state index contributed by atoms with van der Waals surface area (Å²) in [7, 11) is 2.15. The molecule has 18 heavy (non-hydrogen) atoms. The van der Waals surface area contributed by atoms with Crippen LogP contribution in [0.1, 0.15) is 18.4 Å². The molecule has 1 aromatic rings. The van der Waals surface area contributed by atoms with Crippen LogP contribution < -0.4 is 10.2 Å². The molecule has 1 N–H and O–H groups in total. The average molecular weight is 242 g/mol. The van der Waals surface area contributed by atoms with Crippen molar-refractivity contribution in [1.29, 1.82) is 0 Å². The Bertz CT molecular complexity index is 466. The maximum atomic E-state index is 4.32. The standard InChI is InChI=1S/C16H22N2/c1-12-6-4-5-7-15(12)18(3)13(2)14-8-16(9-14)10-17-11-16/h4-7,14,17H,2,8-11H2,1,3H3. The zero-order valence-corrected chi connectivity index (χ0v) is 11.4. The summed E-state index contributed by atoms with van der Waals surface area (Å²) in [6.45, 7) is 8.91. The first-order valence-electron chi connectivity index (χ1n) is 6.80. The topological polar surface area (TPSA) is 15.3 Å². The van der Waals surface area contributed by atoms with Gasteiger partial charge in [0.15, 0.2) is 0 Å². The number of nitrogens with zero attached hydrogens (tertiary/aromatic N) is 1. The number of anilines is 1. The molecule has 96 valence electrons. The number of para-hydroxylation sites is 1. The third-order valence-electron chi connectivity index (χ3n) is 4.74. The Morgan fingerprint density at radius 1 is 1.33 bits per heavy atom. The minimum atomic E-state index is 0.625. The van der Waals surface area contributed by atoms with Crippen molar-refractivity contribution in [1.82, 2.24) is 5.32 Å². The molecule has 1 spiro atoms. The maximum Gasteiger partial charge on any atom is 0.0435 e. The van der Waals surface area contributed by atoms with Crippen LogP contribution in [0, 0.1) is 18.3 Å². The first kappa shape index (κ1) is 11.8. The smallest absolute Gasteiger partial charge is 0.0435 e. The highest BCUT2D eigenvalue weighted by atomic mass is 15.1. The molecule has 2 heteroatoms. The molecule has 0 radical (unpaired) electrons. The number of rotatable bonds is 3. The Morgan fingerprint density at radius 3 is 2.56 bits per heavy atom. The summed E-state index contributed by atoms with van der Waals surface area (Å²) in [5, 5.41) is 3.39. The second-order valence-electron chi connectivity index (χ2n) is 6.05. The van der Waals surface area contributed by atoms with E-state index in [-0.39, 0.29) is 0 Å². The average Bonchev–Trinajstić information content (AvgIpc) is 2.25. The van der Waals surface area contributed by atoms with Crippen molar-refractivity contribution in [3.63, 3.8) is 0 Å². The van der Waals surface area contributed by atoms with E-state index >= 15 is 0 Å². The highest BCUT2D eigenvalue weighted by Gasteiger charge is 2.49. The summed E-state index contributed by atoms with van der Waals surface area (Å²) >= 11 is 0. The van der Waals surface area contributed by atoms with Crippen LogP contribution in [-0.2, 0) is 0 Å². The molecule has 2 fully saturated rings. The fourth-order valence-electron chi connectivity index (χ4n) is 3.36. The fraction of sp³-hybridized carbons (Fsp3) is 0.500. The van der Waals surface area contributed by atoms with Crippen LogP contribution in [0.2, 0.25) is 0 Å². The number of allylic oxidation sites excluding steroid dienone is 1. The summed E-state index contributed by atoms with van der Waals surface area (Å²) in [6, 6.07) is 8.54. The van der Waals surface area contributed by atoms with Crippen LogP contribution in [0.15, 0.2) is 36.5 Å². The van der Waals surface area contributed by atoms with Gasteiger partial charge < -0.3 is 10.2 Å². The lowest BCUT2D eigenvalue weighted by Gasteiger charge is -2.55. The minimum Gasteiger partial charge on any atom is -0.348 e. The highest BCUT2D eigenvalue weighted by molar-refractivity contribution is 5.56. The zero-order chi connectivity index (χ0) is 12.8. The van der Waals surface area contributed by atoms with Crippen LogP contribution in [-0.4, -0.2) is 20.1 Å². The van der Waals surface area contributed by atoms with E-state index in [1.54, 1.807) is 0 Å². The molecule has 2 aliphatic rings. The lowest BCUT2D eigenvalue weighted by atomic mass is 9.57. The number of aryl methyl sites for hydroxylation is 1. The maximum absolute atomic E-state index is 4.32. The van der Waals surface area contributed by atoms with Gasteiger partial charge in [0.05, 0.1) is 0 Å². The van der Waals surface area contributed by atoms with E-state index in [9.17, 15) is 0 Å². The second kappa shape index (κ2) is 4.13. The SMILES string of the molecule is C=C(C1CC2(CNC2)C1)N(C)c1ccccc1C. The van der Waals surface area contributed by atoms with Crippen LogP contribution >= 0.6 is 0 Å². The number of hydrogen-bond donors (Lipinski definition) is 1. The van der Waals surface area contributed by atoms with E-state index in [1.165, 1.54) is 42.9 Å². The Labute approximate surface area is 110 Å². The van der Waals surface area contributed by atoms with Crippen molar-refractivity contribution in [2.75, 3.05) is 25.0 Å². The molecule has 1 heterocycles. The van der Waals surface area contributed by atoms with Crippen molar-refractivity contribution in [2.45, 2.75) is 19.8 Å². The molecule has 2 nitrogen and oxygen atoms in total. The van der Waals surface area contributed by atoms with Crippen molar-refractivity contribution < 1.29 is 0 Å². The van der Waals surface area contributed by atoms with E-state index < -0.39 is 0 Å². The summed E-state index contributed by atoms with van der Waals surface area (Å²) in [6.07, 6.45) is 2.63. The van der Waals surface area contributed by atoms with E-state index in [4.69, 9.17) is 0 Å². The van der Waals surface area contributed by atoms with Crippen molar-refractivity contribution in [2.24, 2.45) is 11.3 Å². The Morgan fingerprint density at radius 2 is 2.00 bits per heavy atom. The van der Waals surface area contributed by atoms with Gasteiger partial charge in [-0.25, -0.2) is 0 Å². The predicted octanol–water partition coefficient (Wildman–Crippen LogP) is 2.94. The van der Waals surface area contributed by atoms with Gasteiger partial charge in [0, 0.05) is 31.5 Å². The van der Waals surface area contributed by atoms with E-state index in [2.05, 4.69) is 55.0 Å². The summed E-state index contributed by atoms with van der Waals surface area (Å²) in [5.41, 5.74) is 4.51. The van der Waals surface area contributed by atoms with Gasteiger partial charge in [0.2, 0.25) is 0 Å². The monoisotopic (exact) mass is 242 g/mol. The predicted molar refractivity (Wildman–Crippen MR) is 76.7 cm³/mol. The number of benzene rings is 1. The Balaban J connectivity index is 1.68. The van der Waals surface area contributed by atoms with Crippen molar-refractivity contribution in [3.05, 3.63) is 42.1 Å². The van der Waals surface area contributed by atoms with Gasteiger partial charge in [0.1, 0.15) is 0 Å². The molecule has 1 saturated carbocycles. The van der Waals surface area contributed by atoms with Crippen LogP contribution in [0.25, 0.3) is 0 Å². The second-order valence-corrected chi connectivity index (χ2v) is 6.05. The van der Waals surface area contributed by atoms with Crippen LogP contribution in [0.3, 0.4) is 0 Å². The molecule has 3 rings (SSSR count). The van der Waals surface area contributed by atoms with Gasteiger partial charge in [-0.2, -0.15) is 0 Å². The minimum absolute atomic E-state index is 0.625. The van der Waals surface area contributed by atoms with Gasteiger partial charge in [0.25, 0.3) is 0 Å². The molecule has 0 bridgehead atoms. The molecule has 1 aliphatic carbocycles. The fourth-order valence-corrected chi connectivity index (χ4v) is 3.36. The van der Waals surface area contributed by atoms with Crippen LogP contribution in [0.5, 0.6) is 0 Å². The first-order valence-corrected chi connectivity index (χ1v) is 6.80. The molecule has 1 aromatic carbocycles. The van der Waals surface area contributed by atoms with Gasteiger partial charge in [-0.1, -0.05) is 24.8 Å². The molecular weight excluding hydrogens is 220 g/mol. The Hall–Kier alpha value is -1.28. The first-order chi connectivity index (χ1) is 8.61. The third-order valence-corrected chi connectivity index (χ3v) is 4.74. The molecule has 1 saturated heterocycles. The summed E-state index contributed by atoms with van der Waals surface area (Å²) in [4.78, 5) is 2.28.